The molecular formula is C14H11F3N2O2. The van der Waals surface area contributed by atoms with Crippen molar-refractivity contribution in [2.75, 3.05) is 18.7 Å². The van der Waals surface area contributed by atoms with Crippen molar-refractivity contribution in [3.8, 4) is 22.6 Å². The van der Waals surface area contributed by atoms with Crippen molar-refractivity contribution >= 4 is 5.82 Å². The third-order valence-corrected chi connectivity index (χ3v) is 2.94. The minimum atomic E-state index is -4.27. The lowest BCUT2D eigenvalue weighted by Gasteiger charge is -2.09. The molecule has 4 nitrogen and oxygen atoms in total. The van der Waals surface area contributed by atoms with Crippen LogP contribution in [0.25, 0.3) is 11.1 Å². The highest BCUT2D eigenvalue weighted by molar-refractivity contribution is 5.67. The monoisotopic (exact) mass is 296 g/mol. The third-order valence-electron chi connectivity index (χ3n) is 2.94. The van der Waals surface area contributed by atoms with Crippen LogP contribution in [-0.4, -0.2) is 24.5 Å². The quantitative estimate of drug-likeness (QED) is 0.942. The molecule has 7 heteroatoms. The number of rotatable bonds is 3. The lowest BCUT2D eigenvalue weighted by molar-refractivity contribution is -0.115. The van der Waals surface area contributed by atoms with Crippen molar-refractivity contribution < 1.29 is 22.6 Å². The molecule has 0 aliphatic carbocycles. The van der Waals surface area contributed by atoms with E-state index >= 15 is 0 Å². The Morgan fingerprint density at radius 2 is 1.81 bits per heavy atom. The number of nitrogens with zero attached hydrogens (tertiary/aromatic N) is 1. The highest BCUT2D eigenvalue weighted by Crippen LogP contribution is 2.35. The van der Waals surface area contributed by atoms with E-state index < -0.39 is 12.7 Å². The van der Waals surface area contributed by atoms with Gasteiger partial charge in [0, 0.05) is 11.8 Å². The summed E-state index contributed by atoms with van der Waals surface area (Å²) in [4.78, 5) is 3.97. The number of nitrogens with one attached hydrogen (secondary N) is 1. The predicted molar refractivity (Wildman–Crippen MR) is 70.3 cm³/mol. The van der Waals surface area contributed by atoms with Crippen LogP contribution < -0.4 is 14.8 Å². The summed E-state index contributed by atoms with van der Waals surface area (Å²) in [7, 11) is 0. The third kappa shape index (κ3) is 3.18. The summed E-state index contributed by atoms with van der Waals surface area (Å²) in [6, 6.07) is 8.64. The Morgan fingerprint density at radius 1 is 1.05 bits per heavy atom. The molecule has 0 atom stereocenters. The Hall–Kier alpha value is -2.44. The first-order valence-electron chi connectivity index (χ1n) is 6.18. The van der Waals surface area contributed by atoms with Crippen LogP contribution in [-0.2, 0) is 0 Å². The van der Waals surface area contributed by atoms with Gasteiger partial charge in [-0.05, 0) is 29.8 Å². The van der Waals surface area contributed by atoms with Crippen LogP contribution in [0.1, 0.15) is 0 Å². The molecule has 0 spiro atoms. The van der Waals surface area contributed by atoms with Gasteiger partial charge >= 0.3 is 6.18 Å². The van der Waals surface area contributed by atoms with Gasteiger partial charge in [0.1, 0.15) is 12.4 Å². The minimum absolute atomic E-state index is 0.178. The SMILES string of the molecule is FC(F)(F)CNc1ccc(-c2ccc3c(c2)OCO3)cn1. The molecule has 1 N–H and O–H groups in total. The molecule has 2 heterocycles. The van der Waals surface area contributed by atoms with Gasteiger partial charge in [0.2, 0.25) is 6.79 Å². The first-order chi connectivity index (χ1) is 10.0. The van der Waals surface area contributed by atoms with Gasteiger partial charge < -0.3 is 14.8 Å². The Kier molecular flexibility index (Phi) is 3.32. The van der Waals surface area contributed by atoms with Crippen molar-refractivity contribution in [2.45, 2.75) is 6.18 Å². The molecule has 0 amide bonds. The number of fused-ring (bicyclic) bond motifs is 1. The average molecular weight is 296 g/mol. The molecule has 0 radical (unpaired) electrons. The Bertz CT molecular complexity index is 642. The molecule has 1 aliphatic rings. The number of benzene rings is 1. The van der Waals surface area contributed by atoms with E-state index in [2.05, 4.69) is 10.3 Å². The van der Waals surface area contributed by atoms with E-state index in [1.165, 1.54) is 12.3 Å². The normalized spacial score (nSPS) is 13.3. The number of alkyl halides is 3. The van der Waals surface area contributed by atoms with Gasteiger partial charge in [-0.2, -0.15) is 13.2 Å². The topological polar surface area (TPSA) is 43.4 Å². The van der Waals surface area contributed by atoms with Crippen LogP contribution >= 0.6 is 0 Å². The molecule has 0 unspecified atom stereocenters. The van der Waals surface area contributed by atoms with Crippen LogP contribution in [0.4, 0.5) is 19.0 Å². The van der Waals surface area contributed by atoms with Crippen LogP contribution in [0.5, 0.6) is 11.5 Å². The van der Waals surface area contributed by atoms with Gasteiger partial charge in [0.25, 0.3) is 0 Å². The second-order valence-corrected chi connectivity index (χ2v) is 4.47. The maximum atomic E-state index is 12.1. The highest BCUT2D eigenvalue weighted by atomic mass is 19.4. The van der Waals surface area contributed by atoms with E-state index in [0.717, 1.165) is 11.1 Å². The van der Waals surface area contributed by atoms with E-state index in [0.29, 0.717) is 11.5 Å². The molecule has 110 valence electrons. The lowest BCUT2D eigenvalue weighted by Crippen LogP contribution is -2.21. The largest absolute Gasteiger partial charge is 0.454 e. The summed E-state index contributed by atoms with van der Waals surface area (Å²) in [5, 5.41) is 2.22. The van der Waals surface area contributed by atoms with Crippen LogP contribution in [0, 0.1) is 0 Å². The zero-order chi connectivity index (χ0) is 14.9. The molecule has 3 rings (SSSR count). The van der Waals surface area contributed by atoms with Gasteiger partial charge in [-0.15, -0.1) is 0 Å². The van der Waals surface area contributed by atoms with E-state index in [-0.39, 0.29) is 12.6 Å². The smallest absolute Gasteiger partial charge is 0.405 e. The zero-order valence-electron chi connectivity index (χ0n) is 10.8. The Labute approximate surface area is 118 Å². The number of hydrogen-bond donors (Lipinski definition) is 1. The Balaban J connectivity index is 1.75. The van der Waals surface area contributed by atoms with Crippen LogP contribution in [0.2, 0.25) is 0 Å². The molecule has 0 saturated carbocycles. The summed E-state index contributed by atoms with van der Waals surface area (Å²) in [5.74, 6) is 1.50. The van der Waals surface area contributed by atoms with Gasteiger partial charge in [0.15, 0.2) is 11.5 Å². The van der Waals surface area contributed by atoms with Crippen molar-refractivity contribution in [1.29, 1.82) is 0 Å². The average Bonchev–Trinajstić information content (AvgIpc) is 2.92. The fraction of sp³-hybridized carbons (Fsp3) is 0.214. The summed E-state index contributed by atoms with van der Waals surface area (Å²) in [6.07, 6.45) is -2.76. The van der Waals surface area contributed by atoms with Gasteiger partial charge in [-0.3, -0.25) is 0 Å². The minimum Gasteiger partial charge on any atom is -0.454 e. The van der Waals surface area contributed by atoms with E-state index in [4.69, 9.17) is 9.47 Å². The van der Waals surface area contributed by atoms with Gasteiger partial charge in [-0.25, -0.2) is 4.98 Å². The van der Waals surface area contributed by atoms with Crippen molar-refractivity contribution in [1.82, 2.24) is 4.98 Å². The van der Waals surface area contributed by atoms with E-state index in [1.807, 2.05) is 12.1 Å². The van der Waals surface area contributed by atoms with Crippen molar-refractivity contribution in [2.24, 2.45) is 0 Å². The number of pyridine rings is 1. The van der Waals surface area contributed by atoms with Gasteiger partial charge in [0.05, 0.1) is 0 Å². The standard InChI is InChI=1S/C14H11F3N2O2/c15-14(16,17)7-19-13-4-2-10(6-18-13)9-1-3-11-12(5-9)21-8-20-11/h1-6H,7-8H2,(H,18,19). The fourth-order valence-corrected chi connectivity index (χ4v) is 1.94. The fourth-order valence-electron chi connectivity index (χ4n) is 1.94. The van der Waals surface area contributed by atoms with Crippen molar-refractivity contribution in [3.63, 3.8) is 0 Å². The second kappa shape index (κ2) is 5.16. The molecular weight excluding hydrogens is 285 g/mol. The summed E-state index contributed by atoms with van der Waals surface area (Å²) >= 11 is 0. The van der Waals surface area contributed by atoms with Crippen LogP contribution in [0.15, 0.2) is 36.5 Å². The van der Waals surface area contributed by atoms with Crippen molar-refractivity contribution in [3.05, 3.63) is 36.5 Å². The first-order valence-corrected chi connectivity index (χ1v) is 6.18. The highest BCUT2D eigenvalue weighted by Gasteiger charge is 2.26. The zero-order valence-corrected chi connectivity index (χ0v) is 10.8. The number of aromatic nitrogens is 1. The molecule has 1 aliphatic heterocycles. The molecule has 0 fully saturated rings. The first kappa shape index (κ1) is 13.5. The van der Waals surface area contributed by atoms with Gasteiger partial charge in [-0.1, -0.05) is 6.07 Å². The van der Waals surface area contributed by atoms with E-state index in [9.17, 15) is 13.2 Å². The molecule has 1 aromatic heterocycles. The maximum Gasteiger partial charge on any atom is 0.405 e. The van der Waals surface area contributed by atoms with Crippen LogP contribution in [0.3, 0.4) is 0 Å². The number of hydrogen-bond acceptors (Lipinski definition) is 4. The molecule has 1 aromatic carbocycles. The lowest BCUT2D eigenvalue weighted by atomic mass is 10.1. The summed E-state index contributed by atoms with van der Waals surface area (Å²) < 4.78 is 46.8. The number of halogens is 3. The summed E-state index contributed by atoms with van der Waals surface area (Å²) in [5.41, 5.74) is 1.64. The van der Waals surface area contributed by atoms with E-state index in [1.54, 1.807) is 12.1 Å². The molecule has 2 aromatic rings. The summed E-state index contributed by atoms with van der Waals surface area (Å²) in [6.45, 7) is -0.916. The predicted octanol–water partition coefficient (Wildman–Crippen LogP) is 3.45. The second-order valence-electron chi connectivity index (χ2n) is 4.47. The number of ether oxygens (including phenoxy) is 2. The molecule has 21 heavy (non-hydrogen) atoms. The maximum absolute atomic E-state index is 12.1. The molecule has 0 saturated heterocycles. The number of anilines is 1. The Morgan fingerprint density at radius 3 is 2.52 bits per heavy atom. The molecule has 0 bridgehead atoms.